The van der Waals surface area contributed by atoms with E-state index in [0.29, 0.717) is 0 Å². The molecule has 0 aromatic carbocycles. The van der Waals surface area contributed by atoms with Gasteiger partial charge in [-0.15, -0.1) is 20.4 Å². The monoisotopic (exact) mass is 364 g/mol. The third kappa shape index (κ3) is 2.98. The van der Waals surface area contributed by atoms with Crippen molar-refractivity contribution in [2.24, 2.45) is 0 Å². The molecule has 5 heterocycles. The normalized spacial score (nSPS) is 19.9. The zero-order valence-electron chi connectivity index (χ0n) is 15.6. The third-order valence-electron chi connectivity index (χ3n) is 5.58. The van der Waals surface area contributed by atoms with Gasteiger partial charge in [0.15, 0.2) is 17.5 Å². The molecule has 1 saturated heterocycles. The summed E-state index contributed by atoms with van der Waals surface area (Å²) in [6.45, 7) is 3.97. The molecule has 0 spiro atoms. The van der Waals surface area contributed by atoms with E-state index in [4.69, 9.17) is 0 Å². The van der Waals surface area contributed by atoms with Crippen molar-refractivity contribution >= 4 is 5.82 Å². The highest BCUT2D eigenvalue weighted by Gasteiger charge is 2.32. The first-order valence-corrected chi connectivity index (χ1v) is 9.84. The quantitative estimate of drug-likeness (QED) is 0.711. The van der Waals surface area contributed by atoms with Crippen LogP contribution >= 0.6 is 0 Å². The molecule has 0 radical (unpaired) electrons. The van der Waals surface area contributed by atoms with Gasteiger partial charge in [0.1, 0.15) is 5.82 Å². The number of fused-ring (bicyclic) bond motifs is 1. The number of aromatic nitrogens is 7. The number of hydrogen-bond acceptors (Lipinski definition) is 6. The first-order valence-electron chi connectivity index (χ1n) is 9.84. The molecule has 140 valence electrons. The molecule has 27 heavy (non-hydrogen) atoms. The Kier molecular flexibility index (Phi) is 4.10. The van der Waals surface area contributed by atoms with Crippen LogP contribution in [0.5, 0.6) is 0 Å². The van der Waals surface area contributed by atoms with Crippen molar-refractivity contribution < 1.29 is 0 Å². The van der Waals surface area contributed by atoms with Crippen LogP contribution in [0, 0.1) is 6.92 Å². The fraction of sp³-hybridized carbons (Fsp3) is 0.526. The second kappa shape index (κ2) is 6.75. The maximum Gasteiger partial charge on any atom is 0.175 e. The Morgan fingerprint density at radius 1 is 0.889 bits per heavy atom. The van der Waals surface area contributed by atoms with Crippen molar-refractivity contribution in [2.45, 2.75) is 58.0 Å². The fourth-order valence-corrected chi connectivity index (χ4v) is 4.20. The number of aryl methyl sites for hydroxylation is 2. The first-order chi connectivity index (χ1) is 13.3. The second-order valence-electron chi connectivity index (χ2n) is 7.44. The highest BCUT2D eigenvalue weighted by molar-refractivity contribution is 5.43. The average molecular weight is 364 g/mol. The smallest absolute Gasteiger partial charge is 0.175 e. The standard InChI is InChI=1S/C19H24N8/c1-14-10-13-27(24-14)18-9-8-17(20-22-18)25-12-5-6-15(25)19-23-21-16-7-3-2-4-11-26(16)19/h8-10,13,15H,2-7,11-12H2,1H3. The maximum absolute atomic E-state index is 4.57. The van der Waals surface area contributed by atoms with Gasteiger partial charge in [-0.05, 0) is 50.8 Å². The van der Waals surface area contributed by atoms with Crippen molar-refractivity contribution in [1.29, 1.82) is 0 Å². The highest BCUT2D eigenvalue weighted by atomic mass is 15.4. The summed E-state index contributed by atoms with van der Waals surface area (Å²) in [5, 5.41) is 22.3. The van der Waals surface area contributed by atoms with Crippen LogP contribution in [0.2, 0.25) is 0 Å². The minimum absolute atomic E-state index is 0.233. The molecule has 1 atom stereocenters. The molecule has 5 rings (SSSR count). The van der Waals surface area contributed by atoms with Crippen molar-refractivity contribution in [1.82, 2.24) is 34.7 Å². The third-order valence-corrected chi connectivity index (χ3v) is 5.58. The summed E-state index contributed by atoms with van der Waals surface area (Å²) < 4.78 is 4.11. The number of anilines is 1. The SMILES string of the molecule is Cc1ccn(-c2ccc(N3CCCC3c3nnc4n3CCCCC4)nn2)n1. The minimum Gasteiger partial charge on any atom is -0.345 e. The van der Waals surface area contributed by atoms with Crippen molar-refractivity contribution in [2.75, 3.05) is 11.4 Å². The lowest BCUT2D eigenvalue weighted by Gasteiger charge is -2.25. The summed E-state index contributed by atoms with van der Waals surface area (Å²) in [4.78, 5) is 2.33. The summed E-state index contributed by atoms with van der Waals surface area (Å²) in [5.74, 6) is 3.87. The van der Waals surface area contributed by atoms with E-state index in [1.807, 2.05) is 31.3 Å². The summed E-state index contributed by atoms with van der Waals surface area (Å²) in [6.07, 6.45) is 8.86. The molecule has 0 saturated carbocycles. The van der Waals surface area contributed by atoms with E-state index in [-0.39, 0.29) is 6.04 Å². The largest absolute Gasteiger partial charge is 0.345 e. The van der Waals surface area contributed by atoms with Crippen LogP contribution in [-0.2, 0) is 13.0 Å². The predicted octanol–water partition coefficient (Wildman–Crippen LogP) is 2.63. The second-order valence-corrected chi connectivity index (χ2v) is 7.44. The Morgan fingerprint density at radius 2 is 1.78 bits per heavy atom. The Bertz CT molecular complexity index is 926. The molecule has 3 aromatic heterocycles. The molecule has 2 aliphatic rings. The van der Waals surface area contributed by atoms with E-state index in [1.165, 1.54) is 19.3 Å². The number of rotatable bonds is 3. The summed E-state index contributed by atoms with van der Waals surface area (Å²) in [7, 11) is 0. The van der Waals surface area contributed by atoms with Crippen molar-refractivity contribution in [3.8, 4) is 5.82 Å². The first kappa shape index (κ1) is 16.4. The Hall–Kier alpha value is -2.77. The van der Waals surface area contributed by atoms with Gasteiger partial charge >= 0.3 is 0 Å². The molecule has 3 aromatic rings. The Labute approximate surface area is 158 Å². The molecule has 8 heteroatoms. The van der Waals surface area contributed by atoms with E-state index in [0.717, 1.165) is 61.3 Å². The minimum atomic E-state index is 0.233. The molecule has 0 amide bonds. The zero-order valence-corrected chi connectivity index (χ0v) is 15.6. The van der Waals surface area contributed by atoms with Gasteiger partial charge in [-0.25, -0.2) is 4.68 Å². The van der Waals surface area contributed by atoms with E-state index in [2.05, 4.69) is 35.0 Å². The molecular formula is C19H24N8. The predicted molar refractivity (Wildman–Crippen MR) is 101 cm³/mol. The molecule has 0 N–H and O–H groups in total. The van der Waals surface area contributed by atoms with Crippen LogP contribution in [0.4, 0.5) is 5.82 Å². The van der Waals surface area contributed by atoms with Crippen LogP contribution in [0.3, 0.4) is 0 Å². The van der Waals surface area contributed by atoms with E-state index < -0.39 is 0 Å². The summed E-state index contributed by atoms with van der Waals surface area (Å²) in [6, 6.07) is 6.21. The van der Waals surface area contributed by atoms with Crippen LogP contribution in [0.1, 0.15) is 55.5 Å². The maximum atomic E-state index is 4.57. The van der Waals surface area contributed by atoms with Gasteiger partial charge in [-0.1, -0.05) is 6.42 Å². The van der Waals surface area contributed by atoms with Crippen LogP contribution in [0.15, 0.2) is 24.4 Å². The number of nitrogens with zero attached hydrogens (tertiary/aromatic N) is 8. The fourth-order valence-electron chi connectivity index (χ4n) is 4.20. The lowest BCUT2D eigenvalue weighted by molar-refractivity contribution is 0.557. The number of hydrogen-bond donors (Lipinski definition) is 0. The van der Waals surface area contributed by atoms with Crippen LogP contribution < -0.4 is 4.90 Å². The topological polar surface area (TPSA) is 77.5 Å². The van der Waals surface area contributed by atoms with Crippen molar-refractivity contribution in [3.63, 3.8) is 0 Å². The van der Waals surface area contributed by atoms with Gasteiger partial charge in [0.2, 0.25) is 0 Å². The molecular weight excluding hydrogens is 340 g/mol. The zero-order chi connectivity index (χ0) is 18.2. The van der Waals surface area contributed by atoms with Gasteiger partial charge in [0, 0.05) is 25.7 Å². The Balaban J connectivity index is 1.42. The van der Waals surface area contributed by atoms with Crippen molar-refractivity contribution in [3.05, 3.63) is 41.7 Å². The molecule has 0 bridgehead atoms. The van der Waals surface area contributed by atoms with E-state index in [1.54, 1.807) is 4.68 Å². The van der Waals surface area contributed by atoms with Crippen LogP contribution in [-0.4, -0.2) is 41.3 Å². The molecule has 1 unspecified atom stereocenters. The van der Waals surface area contributed by atoms with Gasteiger partial charge in [0.05, 0.1) is 11.7 Å². The average Bonchev–Trinajstić information content (AvgIpc) is 3.39. The van der Waals surface area contributed by atoms with Gasteiger partial charge in [-0.3, -0.25) is 0 Å². The molecule has 2 aliphatic heterocycles. The van der Waals surface area contributed by atoms with Gasteiger partial charge in [-0.2, -0.15) is 5.10 Å². The summed E-state index contributed by atoms with van der Waals surface area (Å²) >= 11 is 0. The van der Waals surface area contributed by atoms with E-state index in [9.17, 15) is 0 Å². The van der Waals surface area contributed by atoms with Crippen LogP contribution in [0.25, 0.3) is 5.82 Å². The highest BCUT2D eigenvalue weighted by Crippen LogP contribution is 2.35. The Morgan fingerprint density at radius 3 is 2.59 bits per heavy atom. The summed E-state index contributed by atoms with van der Waals surface area (Å²) in [5.41, 5.74) is 0.966. The lowest BCUT2D eigenvalue weighted by atomic mass is 10.2. The van der Waals surface area contributed by atoms with Gasteiger partial charge < -0.3 is 9.47 Å². The van der Waals surface area contributed by atoms with E-state index >= 15 is 0 Å². The molecule has 0 aliphatic carbocycles. The van der Waals surface area contributed by atoms with Gasteiger partial charge in [0.25, 0.3) is 0 Å². The molecule has 1 fully saturated rings. The lowest BCUT2D eigenvalue weighted by Crippen LogP contribution is -2.26. The molecule has 8 nitrogen and oxygen atoms in total.